The largest absolute Gasteiger partial charge is 0.455 e. The third kappa shape index (κ3) is 5.75. The Morgan fingerprint density at radius 2 is 1.17 bits per heavy atom. The number of hydrogen-bond acceptors (Lipinski definition) is 5. The summed E-state index contributed by atoms with van der Waals surface area (Å²) in [7, 11) is 0. The summed E-state index contributed by atoms with van der Waals surface area (Å²) in [5.74, 6) is 2.06. The van der Waals surface area contributed by atoms with Crippen molar-refractivity contribution >= 4 is 75.3 Å². The van der Waals surface area contributed by atoms with Crippen molar-refractivity contribution in [3.63, 3.8) is 0 Å². The summed E-state index contributed by atoms with van der Waals surface area (Å²) in [5, 5.41) is 6.83. The highest BCUT2D eigenvalue weighted by molar-refractivity contribution is 7.25. The van der Waals surface area contributed by atoms with Gasteiger partial charge in [-0.3, -0.25) is 4.57 Å². The Bertz CT molecular complexity index is 4070. The van der Waals surface area contributed by atoms with Crippen LogP contribution in [0.25, 0.3) is 115 Å². The van der Waals surface area contributed by atoms with E-state index in [0.717, 1.165) is 73.5 Å². The van der Waals surface area contributed by atoms with Crippen LogP contribution in [0.5, 0.6) is 0 Å². The lowest BCUT2D eigenvalue weighted by molar-refractivity contribution is 0.670. The number of nitrogens with zero attached hydrogens (tertiary/aromatic N) is 4. The van der Waals surface area contributed by atoms with E-state index in [1.807, 2.05) is 6.07 Å². The van der Waals surface area contributed by atoms with E-state index in [0.29, 0.717) is 17.6 Å². The van der Waals surface area contributed by atoms with E-state index in [1.165, 1.54) is 53.4 Å². The Morgan fingerprint density at radius 3 is 2.08 bits per heavy atom. The highest BCUT2D eigenvalue weighted by Gasteiger charge is 2.31. The van der Waals surface area contributed by atoms with Gasteiger partial charge in [-0.05, 0) is 88.7 Å². The number of para-hydroxylation sites is 2. The molecule has 14 rings (SSSR count). The summed E-state index contributed by atoms with van der Waals surface area (Å²) >= 11 is 1.80. The van der Waals surface area contributed by atoms with Crippen LogP contribution in [0.1, 0.15) is 29.0 Å². The van der Waals surface area contributed by atoms with Crippen LogP contribution in [0.15, 0.2) is 205 Å². The molecule has 13 aromatic rings. The van der Waals surface area contributed by atoms with Gasteiger partial charge in [-0.1, -0.05) is 158 Å². The zero-order valence-electron chi connectivity index (χ0n) is 35.6. The minimum Gasteiger partial charge on any atom is -0.455 e. The molecule has 0 fully saturated rings. The Balaban J connectivity index is 1.00. The van der Waals surface area contributed by atoms with E-state index in [-0.39, 0.29) is 5.92 Å². The lowest BCUT2D eigenvalue weighted by Crippen LogP contribution is -2.06. The monoisotopic (exact) mass is 862 g/mol. The van der Waals surface area contributed by atoms with Crippen molar-refractivity contribution in [1.29, 1.82) is 0 Å². The molecule has 1 atom stereocenters. The van der Waals surface area contributed by atoms with Gasteiger partial charge in [-0.2, -0.15) is 9.97 Å². The first-order valence-corrected chi connectivity index (χ1v) is 23.4. The van der Waals surface area contributed by atoms with E-state index in [1.54, 1.807) is 11.3 Å². The van der Waals surface area contributed by atoms with Crippen LogP contribution in [0.2, 0.25) is 0 Å². The van der Waals surface area contributed by atoms with Gasteiger partial charge in [0.15, 0.2) is 11.6 Å². The fourth-order valence-corrected chi connectivity index (χ4v) is 11.8. The van der Waals surface area contributed by atoms with Gasteiger partial charge < -0.3 is 4.42 Å². The van der Waals surface area contributed by atoms with Crippen molar-refractivity contribution in [1.82, 2.24) is 19.5 Å². The molecule has 0 saturated heterocycles. The summed E-state index contributed by atoms with van der Waals surface area (Å²) in [4.78, 5) is 16.3. The van der Waals surface area contributed by atoms with E-state index in [4.69, 9.17) is 19.4 Å². The fraction of sp³-hybridized carbons (Fsp3) is 0.0500. The highest BCUT2D eigenvalue weighted by atomic mass is 32.1. The molecule has 1 aliphatic carbocycles. The first kappa shape index (κ1) is 37.2. The van der Waals surface area contributed by atoms with E-state index in [2.05, 4.69) is 199 Å². The van der Waals surface area contributed by atoms with Gasteiger partial charge in [-0.25, -0.2) is 4.98 Å². The zero-order chi connectivity index (χ0) is 43.3. The summed E-state index contributed by atoms with van der Waals surface area (Å²) in [6, 6.07) is 71.7. The van der Waals surface area contributed by atoms with Gasteiger partial charge in [-0.15, -0.1) is 11.3 Å². The van der Waals surface area contributed by atoms with Crippen LogP contribution < -0.4 is 0 Å². The molecule has 0 spiro atoms. The number of aryl methyl sites for hydroxylation is 1. The maximum atomic E-state index is 6.78. The van der Waals surface area contributed by atoms with Gasteiger partial charge >= 0.3 is 0 Å². The Morgan fingerprint density at radius 1 is 0.455 bits per heavy atom. The molecule has 5 nitrogen and oxygen atoms in total. The summed E-state index contributed by atoms with van der Waals surface area (Å²) in [6.07, 6.45) is 2.04. The van der Waals surface area contributed by atoms with E-state index in [9.17, 15) is 0 Å². The molecule has 4 heterocycles. The number of rotatable bonds is 7. The quantitative estimate of drug-likeness (QED) is 0.160. The topological polar surface area (TPSA) is 56.7 Å². The van der Waals surface area contributed by atoms with Gasteiger partial charge in [0.05, 0.1) is 11.0 Å². The summed E-state index contributed by atoms with van der Waals surface area (Å²) < 4.78 is 11.5. The normalized spacial score (nSPS) is 13.4. The van der Waals surface area contributed by atoms with Crippen LogP contribution in [0.3, 0.4) is 0 Å². The number of aromatic nitrogens is 4. The molecule has 0 unspecified atom stereocenters. The lowest BCUT2D eigenvalue weighted by Gasteiger charge is -2.14. The third-order valence-electron chi connectivity index (χ3n) is 13.7. The Labute approximate surface area is 383 Å². The maximum absolute atomic E-state index is 6.78. The molecule has 66 heavy (non-hydrogen) atoms. The number of fused-ring (bicyclic) bond motifs is 12. The molecule has 0 saturated carbocycles. The van der Waals surface area contributed by atoms with Crippen LogP contribution in [0, 0.1) is 0 Å². The Kier molecular flexibility index (Phi) is 8.27. The molecule has 9 aromatic carbocycles. The van der Waals surface area contributed by atoms with Crippen molar-refractivity contribution in [2.45, 2.75) is 18.8 Å². The second-order valence-corrected chi connectivity index (χ2v) is 18.5. The molecule has 0 N–H and O–H groups in total. The molecule has 6 heteroatoms. The summed E-state index contributed by atoms with van der Waals surface area (Å²) in [6.45, 7) is 0. The number of benzene rings is 9. The number of thiophene rings is 1. The van der Waals surface area contributed by atoms with Gasteiger partial charge in [0.1, 0.15) is 11.2 Å². The van der Waals surface area contributed by atoms with Crippen LogP contribution in [0.4, 0.5) is 0 Å². The second kappa shape index (κ2) is 14.7. The SMILES string of the molecule is c1ccc(CC[C@H]2c3ccccc3-c3cc4c(cc32)c2ccccc2n4-c2nc(-c3ccc4c(c3)oc3c(-c5ccccc5)cccc34)nc(-c3cccc4sc5ccccc5c34)n2)cc1. The maximum Gasteiger partial charge on any atom is 0.238 e. The fourth-order valence-electron chi connectivity index (χ4n) is 10.7. The molecular weight excluding hydrogens is 825 g/mol. The lowest BCUT2D eigenvalue weighted by atomic mass is 9.90. The first-order chi connectivity index (χ1) is 32.7. The van der Waals surface area contributed by atoms with E-state index >= 15 is 0 Å². The van der Waals surface area contributed by atoms with Crippen molar-refractivity contribution < 1.29 is 4.42 Å². The number of hydrogen-bond donors (Lipinski definition) is 0. The average molecular weight is 863 g/mol. The molecule has 4 aromatic heterocycles. The highest BCUT2D eigenvalue weighted by Crippen LogP contribution is 2.50. The van der Waals surface area contributed by atoms with Crippen LogP contribution in [-0.4, -0.2) is 19.5 Å². The minimum atomic E-state index is 0.288. The predicted molar refractivity (Wildman–Crippen MR) is 273 cm³/mol. The van der Waals surface area contributed by atoms with E-state index < -0.39 is 0 Å². The molecule has 310 valence electrons. The second-order valence-electron chi connectivity index (χ2n) is 17.4. The van der Waals surface area contributed by atoms with Gasteiger partial charge in [0, 0.05) is 64.3 Å². The molecule has 0 aliphatic heterocycles. The summed E-state index contributed by atoms with van der Waals surface area (Å²) in [5.41, 5.74) is 14.5. The zero-order valence-corrected chi connectivity index (χ0v) is 36.5. The predicted octanol–water partition coefficient (Wildman–Crippen LogP) is 16.0. The minimum absolute atomic E-state index is 0.288. The van der Waals surface area contributed by atoms with Crippen molar-refractivity contribution in [3.05, 3.63) is 217 Å². The number of furan rings is 1. The average Bonchev–Trinajstić information content (AvgIpc) is 4.13. The third-order valence-corrected chi connectivity index (χ3v) is 14.9. The van der Waals surface area contributed by atoms with Crippen molar-refractivity contribution in [2.75, 3.05) is 0 Å². The molecular formula is C60H38N4OS. The smallest absolute Gasteiger partial charge is 0.238 e. The molecule has 0 bridgehead atoms. The van der Waals surface area contributed by atoms with Crippen LogP contribution >= 0.6 is 11.3 Å². The van der Waals surface area contributed by atoms with Gasteiger partial charge in [0.2, 0.25) is 5.95 Å². The van der Waals surface area contributed by atoms with Crippen LogP contribution in [-0.2, 0) is 6.42 Å². The Hall–Kier alpha value is -8.19. The molecule has 1 aliphatic rings. The van der Waals surface area contributed by atoms with Gasteiger partial charge in [0.25, 0.3) is 0 Å². The standard InChI is InChI=1S/C60H38N4OS/c1-3-15-36(16-4-1)29-31-42-40-19-7-8-20-41(40)49-35-52-50(34-48(42)49)43-21-9-11-26-51(43)64(52)60-62-58(61-59(63-60)47-25-14-28-55-56(47)46-22-10-12-27-54(46)66-55)38-30-32-44-45-24-13-23-39(37-17-5-2-6-18-37)57(45)65-53(44)33-38/h1-28,30,32-35,42H,29,31H2/t42-/m0/s1. The van der Waals surface area contributed by atoms with Crippen molar-refractivity contribution in [2.24, 2.45) is 0 Å². The molecule has 0 amide bonds. The molecule has 0 radical (unpaired) electrons. The first-order valence-electron chi connectivity index (χ1n) is 22.6. The van der Waals surface area contributed by atoms with Crippen molar-refractivity contribution in [3.8, 4) is 51.0 Å².